The van der Waals surface area contributed by atoms with Crippen molar-refractivity contribution in [3.8, 4) is 5.69 Å². The average Bonchev–Trinajstić information content (AvgIpc) is 2.72. The van der Waals surface area contributed by atoms with Crippen molar-refractivity contribution in [2.24, 2.45) is 0 Å². The lowest BCUT2D eigenvalue weighted by Gasteiger charge is -2.14. The van der Waals surface area contributed by atoms with Crippen molar-refractivity contribution in [1.29, 1.82) is 0 Å². The van der Waals surface area contributed by atoms with E-state index in [-0.39, 0.29) is 17.3 Å². The zero-order chi connectivity index (χ0) is 21.0. The minimum Gasteiger partial charge on any atom is -0.381 e. The van der Waals surface area contributed by atoms with E-state index in [4.69, 9.17) is 11.5 Å². The fraction of sp³-hybridized carbons (Fsp3) is 0.136. The maximum atomic E-state index is 12.9. The number of nitrogens with zero attached hydrogens (tertiary/aromatic N) is 3. The Hall–Kier alpha value is -3.74. The first kappa shape index (κ1) is 20.0. The molecule has 29 heavy (non-hydrogen) atoms. The van der Waals surface area contributed by atoms with Crippen LogP contribution in [0.15, 0.2) is 65.6 Å². The third kappa shape index (κ3) is 4.24. The number of para-hydroxylation sites is 1. The fourth-order valence-corrected chi connectivity index (χ4v) is 3.10. The van der Waals surface area contributed by atoms with Gasteiger partial charge in [0.15, 0.2) is 11.6 Å². The highest BCUT2D eigenvalue weighted by Gasteiger charge is 2.11. The van der Waals surface area contributed by atoms with E-state index in [0.717, 1.165) is 40.3 Å². The first-order valence-electron chi connectivity index (χ1n) is 9.15. The molecule has 0 unspecified atom stereocenters. The molecule has 0 fully saturated rings. The second kappa shape index (κ2) is 8.52. The largest absolute Gasteiger partial charge is 0.381 e. The van der Waals surface area contributed by atoms with Crippen LogP contribution in [-0.2, 0) is 6.42 Å². The predicted molar refractivity (Wildman–Crippen MR) is 114 cm³/mol. The van der Waals surface area contributed by atoms with E-state index in [1.165, 1.54) is 0 Å². The Kier molecular flexibility index (Phi) is 5.87. The van der Waals surface area contributed by atoms with Gasteiger partial charge >= 0.3 is 0 Å². The smallest absolute Gasteiger partial charge is 0.263 e. The summed E-state index contributed by atoms with van der Waals surface area (Å²) in [6.07, 6.45) is 1.76. The first-order chi connectivity index (χ1) is 13.9. The summed E-state index contributed by atoms with van der Waals surface area (Å²) in [7, 11) is 0. The molecule has 0 saturated carbocycles. The standard InChI is InChI=1S/C18H17NO.C4H5FN4/c1-3-15-12-14-9-7-8-13(2)17(14)18(20)19(15)16-10-5-4-6-11-16;5-2-1-8-4(7)9-3(2)6/h4-12H,3H2,1-2H3;1H,(H4,6,7,8,9). The lowest BCUT2D eigenvalue weighted by molar-refractivity contribution is 0.620. The molecule has 0 saturated heterocycles. The summed E-state index contributed by atoms with van der Waals surface area (Å²) < 4.78 is 14.0. The molecule has 4 aromatic rings. The molecule has 0 amide bonds. The van der Waals surface area contributed by atoms with Crippen LogP contribution in [0, 0.1) is 12.7 Å². The molecule has 0 aliphatic carbocycles. The molecule has 0 atom stereocenters. The van der Waals surface area contributed by atoms with Crippen molar-refractivity contribution in [2.45, 2.75) is 20.3 Å². The summed E-state index contributed by atoms with van der Waals surface area (Å²) in [5, 5.41) is 1.84. The van der Waals surface area contributed by atoms with Gasteiger partial charge in [-0.2, -0.15) is 4.98 Å². The zero-order valence-electron chi connectivity index (χ0n) is 16.3. The van der Waals surface area contributed by atoms with Crippen LogP contribution < -0.4 is 17.0 Å². The second-order valence-corrected chi connectivity index (χ2v) is 6.47. The maximum absolute atomic E-state index is 12.9. The molecule has 0 aliphatic heterocycles. The Morgan fingerprint density at radius 2 is 1.79 bits per heavy atom. The van der Waals surface area contributed by atoms with Crippen molar-refractivity contribution >= 4 is 22.5 Å². The van der Waals surface area contributed by atoms with Gasteiger partial charge < -0.3 is 11.5 Å². The third-order valence-electron chi connectivity index (χ3n) is 4.50. The maximum Gasteiger partial charge on any atom is 0.263 e. The van der Waals surface area contributed by atoms with Crippen LogP contribution in [-0.4, -0.2) is 14.5 Å². The number of aryl methyl sites for hydroxylation is 2. The van der Waals surface area contributed by atoms with E-state index < -0.39 is 5.82 Å². The summed E-state index contributed by atoms with van der Waals surface area (Å²) in [6, 6.07) is 18.0. The van der Waals surface area contributed by atoms with Crippen LogP contribution in [0.3, 0.4) is 0 Å². The van der Waals surface area contributed by atoms with Crippen LogP contribution in [0.2, 0.25) is 0 Å². The predicted octanol–water partition coefficient (Wildman–Crippen LogP) is 3.64. The topological polar surface area (TPSA) is 99.8 Å². The Morgan fingerprint density at radius 1 is 1.07 bits per heavy atom. The summed E-state index contributed by atoms with van der Waals surface area (Å²) in [4.78, 5) is 19.6. The summed E-state index contributed by atoms with van der Waals surface area (Å²) >= 11 is 0. The number of halogens is 1. The van der Waals surface area contributed by atoms with E-state index in [1.54, 1.807) is 0 Å². The molecule has 4 N–H and O–H groups in total. The van der Waals surface area contributed by atoms with Gasteiger partial charge in [-0.05, 0) is 42.5 Å². The van der Waals surface area contributed by atoms with Crippen LogP contribution in [0.5, 0.6) is 0 Å². The number of benzene rings is 2. The number of hydrogen-bond acceptors (Lipinski definition) is 5. The van der Waals surface area contributed by atoms with Crippen molar-refractivity contribution < 1.29 is 4.39 Å². The molecular weight excluding hydrogens is 369 g/mol. The molecule has 0 radical (unpaired) electrons. The van der Waals surface area contributed by atoms with E-state index in [0.29, 0.717) is 0 Å². The molecule has 0 aliphatic rings. The number of nitrogens with two attached hydrogens (primary N) is 2. The molecule has 6 nitrogen and oxygen atoms in total. The van der Waals surface area contributed by atoms with Crippen molar-refractivity contribution in [3.63, 3.8) is 0 Å². The van der Waals surface area contributed by atoms with Gasteiger partial charge in [-0.15, -0.1) is 0 Å². The Bertz CT molecular complexity index is 1210. The second-order valence-electron chi connectivity index (χ2n) is 6.47. The van der Waals surface area contributed by atoms with E-state index >= 15 is 0 Å². The van der Waals surface area contributed by atoms with Crippen molar-refractivity contribution in [3.05, 3.63) is 88.2 Å². The van der Waals surface area contributed by atoms with Crippen LogP contribution >= 0.6 is 0 Å². The number of pyridine rings is 1. The Labute approximate surface area is 167 Å². The fourth-order valence-electron chi connectivity index (χ4n) is 3.10. The van der Waals surface area contributed by atoms with Crippen LogP contribution in [0.4, 0.5) is 16.2 Å². The van der Waals surface area contributed by atoms with Gasteiger partial charge in [0.2, 0.25) is 5.95 Å². The number of hydrogen-bond donors (Lipinski definition) is 2. The quantitative estimate of drug-likeness (QED) is 0.543. The zero-order valence-corrected chi connectivity index (χ0v) is 16.3. The van der Waals surface area contributed by atoms with E-state index in [1.807, 2.05) is 60.0 Å². The first-order valence-corrected chi connectivity index (χ1v) is 9.15. The highest BCUT2D eigenvalue weighted by atomic mass is 19.1. The molecule has 4 rings (SSSR count). The van der Waals surface area contributed by atoms with Crippen molar-refractivity contribution in [2.75, 3.05) is 11.5 Å². The Morgan fingerprint density at radius 3 is 2.41 bits per heavy atom. The molecule has 148 valence electrons. The molecule has 0 spiro atoms. The normalized spacial score (nSPS) is 10.4. The van der Waals surface area contributed by atoms with Gasteiger partial charge in [0, 0.05) is 11.4 Å². The average molecular weight is 391 g/mol. The minimum atomic E-state index is -0.649. The van der Waals surface area contributed by atoms with Crippen LogP contribution in [0.25, 0.3) is 16.5 Å². The van der Waals surface area contributed by atoms with Gasteiger partial charge in [0.25, 0.3) is 5.56 Å². The van der Waals surface area contributed by atoms with Crippen LogP contribution in [0.1, 0.15) is 18.2 Å². The van der Waals surface area contributed by atoms with Gasteiger partial charge in [0.05, 0.1) is 11.6 Å². The number of nitrogen functional groups attached to an aromatic ring is 2. The van der Waals surface area contributed by atoms with Gasteiger partial charge in [-0.3, -0.25) is 9.36 Å². The molecule has 2 aromatic heterocycles. The number of fused-ring (bicyclic) bond motifs is 1. The third-order valence-corrected chi connectivity index (χ3v) is 4.50. The van der Waals surface area contributed by atoms with Crippen molar-refractivity contribution in [1.82, 2.24) is 14.5 Å². The molecule has 2 heterocycles. The summed E-state index contributed by atoms with van der Waals surface area (Å²) in [6.45, 7) is 4.07. The lowest BCUT2D eigenvalue weighted by atomic mass is 10.1. The Balaban J connectivity index is 0.000000224. The lowest BCUT2D eigenvalue weighted by Crippen LogP contribution is -2.22. The number of rotatable bonds is 2. The number of anilines is 2. The monoisotopic (exact) mass is 391 g/mol. The summed E-state index contributed by atoms with van der Waals surface area (Å²) in [5.74, 6) is -0.888. The highest BCUT2D eigenvalue weighted by molar-refractivity contribution is 5.85. The summed E-state index contributed by atoms with van der Waals surface area (Å²) in [5.41, 5.74) is 13.1. The van der Waals surface area contributed by atoms with E-state index in [2.05, 4.69) is 23.0 Å². The number of aromatic nitrogens is 3. The van der Waals surface area contributed by atoms with E-state index in [9.17, 15) is 9.18 Å². The highest BCUT2D eigenvalue weighted by Crippen LogP contribution is 2.19. The van der Waals surface area contributed by atoms with Gasteiger partial charge in [-0.25, -0.2) is 9.37 Å². The molecular formula is C22H22FN5O. The van der Waals surface area contributed by atoms with Gasteiger partial charge in [-0.1, -0.05) is 43.3 Å². The molecule has 2 aromatic carbocycles. The SMILES string of the molecule is CCc1cc2cccc(C)c2c(=O)n1-c1ccccc1.Nc1ncc(F)c(N)n1. The van der Waals surface area contributed by atoms with Gasteiger partial charge in [0.1, 0.15) is 0 Å². The molecule has 0 bridgehead atoms. The minimum absolute atomic E-state index is 0.0195. The molecule has 7 heteroatoms.